The van der Waals surface area contributed by atoms with Gasteiger partial charge in [-0.2, -0.15) is 13.2 Å². The third-order valence-corrected chi connectivity index (χ3v) is 6.32. The maximum Gasteiger partial charge on any atom is 0.417 e. The van der Waals surface area contributed by atoms with Gasteiger partial charge in [0.1, 0.15) is 11.2 Å². The lowest BCUT2D eigenvalue weighted by atomic mass is 9.83. The van der Waals surface area contributed by atoms with Crippen LogP contribution in [-0.2, 0) is 13.2 Å². The van der Waals surface area contributed by atoms with Gasteiger partial charge in [0.15, 0.2) is 11.4 Å². The van der Waals surface area contributed by atoms with E-state index in [0.717, 1.165) is 23.1 Å². The summed E-state index contributed by atoms with van der Waals surface area (Å²) < 4.78 is 45.4. The molecule has 1 aliphatic carbocycles. The standard InChI is InChI=1S/C22H25F3N6O3/c1-30-11-13(22(23,24)25)8-15(20(30)32)29-21(33)31(2)14-6-4-12(5-7-14)16-9-26-19-18(28-16)17(34-3)10-27-19/h8-12,14H,4-7H2,1-3H3,(H,26,27)(H,29,33). The van der Waals surface area contributed by atoms with E-state index in [1.165, 1.54) is 11.9 Å². The van der Waals surface area contributed by atoms with Crippen molar-refractivity contribution < 1.29 is 22.7 Å². The van der Waals surface area contributed by atoms with Crippen molar-refractivity contribution in [3.8, 4) is 5.75 Å². The molecule has 182 valence electrons. The molecule has 3 aromatic heterocycles. The lowest BCUT2D eigenvalue weighted by molar-refractivity contribution is -0.138. The smallest absolute Gasteiger partial charge is 0.417 e. The number of rotatable bonds is 4. The van der Waals surface area contributed by atoms with Crippen LogP contribution in [0, 0.1) is 0 Å². The zero-order chi connectivity index (χ0) is 24.6. The van der Waals surface area contributed by atoms with Crippen LogP contribution in [-0.4, -0.2) is 50.6 Å². The minimum Gasteiger partial charge on any atom is -0.493 e. The molecule has 0 spiro atoms. The van der Waals surface area contributed by atoms with Crippen LogP contribution in [0.2, 0.25) is 0 Å². The third kappa shape index (κ3) is 4.57. The molecule has 0 saturated heterocycles. The number of nitrogens with zero attached hydrogens (tertiary/aromatic N) is 4. The number of aromatic nitrogens is 4. The monoisotopic (exact) mass is 478 g/mol. The average Bonchev–Trinajstić information content (AvgIpc) is 3.23. The van der Waals surface area contributed by atoms with Gasteiger partial charge < -0.3 is 24.5 Å². The number of pyridine rings is 1. The van der Waals surface area contributed by atoms with Crippen LogP contribution in [0.3, 0.4) is 0 Å². The fraction of sp³-hybridized carbons (Fsp3) is 0.455. The lowest BCUT2D eigenvalue weighted by Gasteiger charge is -2.34. The van der Waals surface area contributed by atoms with Gasteiger partial charge in [0.2, 0.25) is 0 Å². The number of halogens is 3. The van der Waals surface area contributed by atoms with Crippen molar-refractivity contribution in [2.75, 3.05) is 19.5 Å². The molecule has 0 bridgehead atoms. The zero-order valence-corrected chi connectivity index (χ0v) is 18.9. The molecule has 0 atom stereocenters. The Labute approximate surface area is 192 Å². The summed E-state index contributed by atoms with van der Waals surface area (Å²) in [6, 6.07) is -0.0859. The molecule has 12 heteroatoms. The number of methoxy groups -OCH3 is 1. The Balaban J connectivity index is 1.42. The Hall–Kier alpha value is -3.57. The molecule has 1 saturated carbocycles. The molecule has 0 radical (unpaired) electrons. The number of amides is 2. The number of aromatic amines is 1. The summed E-state index contributed by atoms with van der Waals surface area (Å²) in [4.78, 5) is 38.5. The minimum atomic E-state index is -4.63. The predicted molar refractivity (Wildman–Crippen MR) is 119 cm³/mol. The third-order valence-electron chi connectivity index (χ3n) is 6.32. The van der Waals surface area contributed by atoms with E-state index < -0.39 is 29.0 Å². The fourth-order valence-corrected chi connectivity index (χ4v) is 4.32. The highest BCUT2D eigenvalue weighted by Gasteiger charge is 2.33. The number of carbonyl (C=O) groups is 1. The number of H-pyrrole nitrogens is 1. The average molecular weight is 478 g/mol. The zero-order valence-electron chi connectivity index (χ0n) is 18.9. The number of ether oxygens (including phenoxy) is 1. The van der Waals surface area contributed by atoms with Gasteiger partial charge in [0.25, 0.3) is 5.56 Å². The highest BCUT2D eigenvalue weighted by atomic mass is 19.4. The number of urea groups is 1. The molecule has 4 rings (SSSR count). The van der Waals surface area contributed by atoms with Crippen LogP contribution >= 0.6 is 0 Å². The quantitative estimate of drug-likeness (QED) is 0.592. The Morgan fingerprint density at radius 3 is 2.65 bits per heavy atom. The molecular formula is C22H25F3N6O3. The Kier molecular flexibility index (Phi) is 6.24. The van der Waals surface area contributed by atoms with Crippen molar-refractivity contribution in [2.45, 2.75) is 43.8 Å². The summed E-state index contributed by atoms with van der Waals surface area (Å²) in [7, 11) is 4.36. The lowest BCUT2D eigenvalue weighted by Crippen LogP contribution is -2.42. The molecule has 9 nitrogen and oxygen atoms in total. The number of nitrogens with one attached hydrogen (secondary N) is 2. The minimum absolute atomic E-state index is 0.121. The molecule has 1 aliphatic rings. The molecule has 0 unspecified atom stereocenters. The Morgan fingerprint density at radius 2 is 2.00 bits per heavy atom. The molecule has 34 heavy (non-hydrogen) atoms. The van der Waals surface area contributed by atoms with E-state index in [-0.39, 0.29) is 12.0 Å². The van der Waals surface area contributed by atoms with E-state index >= 15 is 0 Å². The van der Waals surface area contributed by atoms with E-state index in [0.29, 0.717) is 42.0 Å². The summed E-state index contributed by atoms with van der Waals surface area (Å²) in [6.45, 7) is 0. The highest BCUT2D eigenvalue weighted by Crippen LogP contribution is 2.35. The van der Waals surface area contributed by atoms with Crippen LogP contribution in [0.15, 0.2) is 29.5 Å². The predicted octanol–water partition coefficient (Wildman–Crippen LogP) is 3.87. The van der Waals surface area contributed by atoms with E-state index in [1.807, 2.05) is 0 Å². The van der Waals surface area contributed by atoms with Crippen LogP contribution in [0.1, 0.15) is 42.9 Å². The van der Waals surface area contributed by atoms with Gasteiger partial charge in [0.05, 0.1) is 24.6 Å². The van der Waals surface area contributed by atoms with Gasteiger partial charge >= 0.3 is 12.2 Å². The van der Waals surface area contributed by atoms with E-state index in [4.69, 9.17) is 9.72 Å². The molecule has 2 amide bonds. The van der Waals surface area contributed by atoms with Crippen LogP contribution in [0.25, 0.3) is 11.2 Å². The van der Waals surface area contributed by atoms with Gasteiger partial charge in [-0.3, -0.25) is 4.79 Å². The normalized spacial score (nSPS) is 18.6. The largest absolute Gasteiger partial charge is 0.493 e. The number of fused-ring (bicyclic) bond motifs is 1. The maximum atomic E-state index is 13.1. The molecule has 1 fully saturated rings. The summed E-state index contributed by atoms with van der Waals surface area (Å²) in [5.74, 6) is 0.787. The maximum absolute atomic E-state index is 13.1. The first kappa shape index (κ1) is 23.6. The van der Waals surface area contributed by atoms with Gasteiger partial charge in [0, 0.05) is 38.4 Å². The number of carbonyl (C=O) groups excluding carboxylic acids is 1. The highest BCUT2D eigenvalue weighted by molar-refractivity contribution is 5.89. The van der Waals surface area contributed by atoms with Crippen LogP contribution in [0.4, 0.5) is 23.7 Å². The first-order chi connectivity index (χ1) is 16.1. The van der Waals surface area contributed by atoms with Crippen molar-refractivity contribution in [2.24, 2.45) is 7.05 Å². The number of aryl methyl sites for hydroxylation is 1. The topological polar surface area (TPSA) is 105 Å². The van der Waals surface area contributed by atoms with Gasteiger partial charge in [-0.1, -0.05) is 0 Å². The number of hydrogen-bond donors (Lipinski definition) is 2. The molecule has 0 aromatic carbocycles. The van der Waals surface area contributed by atoms with Crippen molar-refractivity contribution in [1.29, 1.82) is 0 Å². The van der Waals surface area contributed by atoms with E-state index in [9.17, 15) is 22.8 Å². The van der Waals surface area contributed by atoms with Gasteiger partial charge in [-0.15, -0.1) is 0 Å². The first-order valence-electron chi connectivity index (χ1n) is 10.8. The van der Waals surface area contributed by atoms with Gasteiger partial charge in [-0.05, 0) is 31.7 Å². The van der Waals surface area contributed by atoms with Crippen LogP contribution in [0.5, 0.6) is 5.75 Å². The molecule has 3 aromatic rings. The first-order valence-corrected chi connectivity index (χ1v) is 10.8. The Bertz CT molecular complexity index is 1260. The SMILES string of the molecule is COc1c[nH]c2ncc(C3CCC(N(C)C(=O)Nc4cc(C(F)(F)F)cn(C)c4=O)CC3)nc12. The molecular weight excluding hydrogens is 453 g/mol. The Morgan fingerprint density at radius 1 is 1.29 bits per heavy atom. The second-order valence-electron chi connectivity index (χ2n) is 8.45. The van der Waals surface area contributed by atoms with Crippen molar-refractivity contribution in [1.82, 2.24) is 24.4 Å². The van der Waals surface area contributed by atoms with Crippen molar-refractivity contribution in [3.05, 3.63) is 46.3 Å². The van der Waals surface area contributed by atoms with Gasteiger partial charge in [-0.25, -0.2) is 14.8 Å². The summed E-state index contributed by atoms with van der Waals surface area (Å²) >= 11 is 0. The van der Waals surface area contributed by atoms with Crippen molar-refractivity contribution in [3.63, 3.8) is 0 Å². The van der Waals surface area contributed by atoms with Crippen molar-refractivity contribution >= 4 is 22.9 Å². The molecule has 0 aliphatic heterocycles. The molecule has 3 heterocycles. The summed E-state index contributed by atoms with van der Waals surface area (Å²) in [6.07, 6.45) is 2.40. The van der Waals surface area contributed by atoms with E-state index in [1.54, 1.807) is 26.6 Å². The van der Waals surface area contributed by atoms with E-state index in [2.05, 4.69) is 15.3 Å². The second-order valence-corrected chi connectivity index (χ2v) is 8.45. The number of alkyl halides is 3. The fourth-order valence-electron chi connectivity index (χ4n) is 4.32. The molecule has 2 N–H and O–H groups in total. The second kappa shape index (κ2) is 8.99. The summed E-state index contributed by atoms with van der Waals surface area (Å²) in [5.41, 5.74) is 0.0285. The number of hydrogen-bond acceptors (Lipinski definition) is 5. The van der Waals surface area contributed by atoms with Crippen LogP contribution < -0.4 is 15.6 Å². The summed E-state index contributed by atoms with van der Waals surface area (Å²) in [5, 5.41) is 2.35. The number of anilines is 1.